The molecule has 9 heteroatoms. The Morgan fingerprint density at radius 2 is 2.07 bits per heavy atom. The zero-order chi connectivity index (χ0) is 21.4. The molecule has 3 N–H and O–H groups in total. The van der Waals surface area contributed by atoms with E-state index in [0.29, 0.717) is 25.0 Å². The SMILES string of the molecule is COc1c(N2CC(C)(N)C3(CC3)C2)c(F)cc2c(=O)c(COO)cn([C@@H]3C[C@@H]3F)c12. The van der Waals surface area contributed by atoms with Crippen molar-refractivity contribution in [2.75, 3.05) is 25.1 Å². The number of nitrogens with two attached hydrogens (primary N) is 1. The van der Waals surface area contributed by atoms with E-state index in [4.69, 9.17) is 15.7 Å². The number of methoxy groups -OCH3 is 1. The van der Waals surface area contributed by atoms with Crippen LogP contribution in [0.3, 0.4) is 0 Å². The van der Waals surface area contributed by atoms with E-state index in [2.05, 4.69) is 4.89 Å². The second kappa shape index (κ2) is 6.38. The molecule has 1 unspecified atom stereocenters. The monoisotopic (exact) mass is 421 g/mol. The van der Waals surface area contributed by atoms with Gasteiger partial charge in [0.2, 0.25) is 0 Å². The number of hydrogen-bond donors (Lipinski definition) is 2. The van der Waals surface area contributed by atoms with Gasteiger partial charge in [0.05, 0.1) is 24.1 Å². The lowest BCUT2D eigenvalue weighted by Gasteiger charge is -2.26. The van der Waals surface area contributed by atoms with E-state index in [1.807, 2.05) is 11.8 Å². The Morgan fingerprint density at radius 3 is 2.60 bits per heavy atom. The predicted octanol–water partition coefficient (Wildman–Crippen LogP) is 2.74. The van der Waals surface area contributed by atoms with Gasteiger partial charge in [-0.25, -0.2) is 13.7 Å². The quantitative estimate of drug-likeness (QED) is 0.570. The van der Waals surface area contributed by atoms with E-state index in [1.165, 1.54) is 19.4 Å². The lowest BCUT2D eigenvalue weighted by Crippen LogP contribution is -2.45. The average molecular weight is 421 g/mol. The summed E-state index contributed by atoms with van der Waals surface area (Å²) >= 11 is 0. The smallest absolute Gasteiger partial charge is 0.195 e. The molecule has 3 atom stereocenters. The number of ether oxygens (including phenoxy) is 1. The first-order valence-electron chi connectivity index (χ1n) is 10.1. The van der Waals surface area contributed by atoms with Crippen LogP contribution in [0.25, 0.3) is 10.9 Å². The second-order valence-electron chi connectivity index (χ2n) is 9.17. The largest absolute Gasteiger partial charge is 0.492 e. The van der Waals surface area contributed by atoms with Crippen LogP contribution in [0.5, 0.6) is 5.75 Å². The summed E-state index contributed by atoms with van der Waals surface area (Å²) in [5.74, 6) is -0.391. The van der Waals surface area contributed by atoms with Gasteiger partial charge >= 0.3 is 0 Å². The molecule has 0 bridgehead atoms. The number of alkyl halides is 1. The Hall–Kier alpha value is -2.23. The molecule has 1 saturated heterocycles. The third kappa shape index (κ3) is 2.68. The van der Waals surface area contributed by atoms with Crippen molar-refractivity contribution >= 4 is 16.6 Å². The molecule has 3 aliphatic rings. The van der Waals surface area contributed by atoms with E-state index >= 15 is 4.39 Å². The number of benzene rings is 1. The fourth-order valence-electron chi connectivity index (χ4n) is 5.07. The van der Waals surface area contributed by atoms with Gasteiger partial charge in [-0.3, -0.25) is 10.1 Å². The van der Waals surface area contributed by atoms with Gasteiger partial charge in [0.1, 0.15) is 18.5 Å². The molecule has 2 heterocycles. The first kappa shape index (κ1) is 19.7. The summed E-state index contributed by atoms with van der Waals surface area (Å²) in [5, 5.41) is 8.89. The maximum atomic E-state index is 15.4. The molecule has 7 nitrogen and oxygen atoms in total. The van der Waals surface area contributed by atoms with Crippen molar-refractivity contribution in [2.45, 2.75) is 50.5 Å². The van der Waals surface area contributed by atoms with Gasteiger partial charge in [-0.2, -0.15) is 0 Å². The maximum absolute atomic E-state index is 15.4. The number of nitrogens with zero attached hydrogens (tertiary/aromatic N) is 2. The van der Waals surface area contributed by atoms with Crippen LogP contribution in [0, 0.1) is 11.2 Å². The summed E-state index contributed by atoms with van der Waals surface area (Å²) in [7, 11) is 1.42. The summed E-state index contributed by atoms with van der Waals surface area (Å²) in [6.07, 6.45) is 2.69. The number of anilines is 1. The first-order chi connectivity index (χ1) is 14.2. The number of halogens is 2. The molecule has 3 fully saturated rings. The van der Waals surface area contributed by atoms with E-state index in [0.717, 1.165) is 12.8 Å². The Labute approximate surface area is 171 Å². The normalized spacial score (nSPS) is 29.1. The molecule has 1 aromatic heterocycles. The van der Waals surface area contributed by atoms with E-state index in [-0.39, 0.29) is 34.4 Å². The van der Waals surface area contributed by atoms with Crippen LogP contribution < -0.4 is 20.8 Å². The first-order valence-corrected chi connectivity index (χ1v) is 10.1. The molecule has 1 aliphatic heterocycles. The molecule has 2 aromatic rings. The van der Waals surface area contributed by atoms with Crippen molar-refractivity contribution in [1.82, 2.24) is 4.57 Å². The number of fused-ring (bicyclic) bond motifs is 1. The zero-order valence-corrected chi connectivity index (χ0v) is 17.0. The van der Waals surface area contributed by atoms with Crippen molar-refractivity contribution in [3.8, 4) is 5.75 Å². The molecule has 1 aromatic carbocycles. The minimum absolute atomic E-state index is 0.0398. The molecular formula is C21H25F2N3O4. The molecule has 2 saturated carbocycles. The average Bonchev–Trinajstić information content (AvgIpc) is 3.59. The number of rotatable bonds is 5. The third-order valence-corrected chi connectivity index (χ3v) is 7.13. The van der Waals surface area contributed by atoms with Gasteiger partial charge in [-0.1, -0.05) is 0 Å². The van der Waals surface area contributed by atoms with Gasteiger partial charge in [-0.05, 0) is 25.8 Å². The van der Waals surface area contributed by atoms with Crippen LogP contribution in [-0.2, 0) is 11.5 Å². The minimum Gasteiger partial charge on any atom is -0.492 e. The van der Waals surface area contributed by atoms with Gasteiger partial charge in [-0.15, -0.1) is 0 Å². The van der Waals surface area contributed by atoms with Gasteiger partial charge in [0.25, 0.3) is 0 Å². The number of hydrogen-bond acceptors (Lipinski definition) is 6. The number of pyridine rings is 1. The molecule has 2 aliphatic carbocycles. The lowest BCUT2D eigenvalue weighted by atomic mass is 9.87. The van der Waals surface area contributed by atoms with Crippen LogP contribution >= 0.6 is 0 Å². The fourth-order valence-corrected chi connectivity index (χ4v) is 5.07. The summed E-state index contributed by atoms with van der Waals surface area (Å²) in [6, 6.07) is 0.694. The van der Waals surface area contributed by atoms with E-state index < -0.39 is 29.0 Å². The molecule has 30 heavy (non-hydrogen) atoms. The molecule has 1 spiro atoms. The van der Waals surface area contributed by atoms with Crippen molar-refractivity contribution in [2.24, 2.45) is 11.1 Å². The van der Waals surface area contributed by atoms with Gasteiger partial charge < -0.3 is 19.9 Å². The Balaban J connectivity index is 1.75. The molecule has 5 rings (SSSR count). The fraction of sp³-hybridized carbons (Fsp3) is 0.571. The Bertz CT molecular complexity index is 1090. The second-order valence-corrected chi connectivity index (χ2v) is 9.17. The highest BCUT2D eigenvalue weighted by Crippen LogP contribution is 2.59. The standard InChI is InChI=1S/C21H25F2N3O4/c1-20(24)9-25(10-21(20)3-4-21)17-14(23)5-12-16(19(17)29-2)26(15-6-13(15)22)7-11(8-30-28)18(12)27/h5,7,13,15,28H,3-4,6,8-10,24H2,1-2H3/t13-,15+,20?/m0/s1. The van der Waals surface area contributed by atoms with Crippen molar-refractivity contribution in [3.63, 3.8) is 0 Å². The minimum atomic E-state index is -1.06. The third-order valence-electron chi connectivity index (χ3n) is 7.13. The topological polar surface area (TPSA) is 90.0 Å². The predicted molar refractivity (Wildman–Crippen MR) is 107 cm³/mol. The van der Waals surface area contributed by atoms with E-state index in [9.17, 15) is 9.18 Å². The lowest BCUT2D eigenvalue weighted by molar-refractivity contribution is -0.253. The Morgan fingerprint density at radius 1 is 1.37 bits per heavy atom. The summed E-state index contributed by atoms with van der Waals surface area (Å²) in [6.45, 7) is 2.68. The van der Waals surface area contributed by atoms with Gasteiger partial charge in [0.15, 0.2) is 17.0 Å². The van der Waals surface area contributed by atoms with Crippen LogP contribution in [0.2, 0.25) is 0 Å². The van der Waals surface area contributed by atoms with Crippen molar-refractivity contribution in [1.29, 1.82) is 0 Å². The van der Waals surface area contributed by atoms with Crippen molar-refractivity contribution < 1.29 is 23.7 Å². The highest BCUT2D eigenvalue weighted by Gasteiger charge is 2.61. The highest BCUT2D eigenvalue weighted by atomic mass is 19.1. The van der Waals surface area contributed by atoms with Crippen molar-refractivity contribution in [3.05, 3.63) is 33.9 Å². The van der Waals surface area contributed by atoms with E-state index in [1.54, 1.807) is 4.57 Å². The molecule has 162 valence electrons. The van der Waals surface area contributed by atoms with Crippen LogP contribution in [0.15, 0.2) is 17.1 Å². The van der Waals surface area contributed by atoms with Gasteiger partial charge in [0, 0.05) is 42.2 Å². The molecule has 0 radical (unpaired) electrons. The summed E-state index contributed by atoms with van der Waals surface area (Å²) in [5.41, 5.74) is 6.27. The molecule has 0 amide bonds. The Kier molecular flexibility index (Phi) is 4.20. The van der Waals surface area contributed by atoms with Crippen LogP contribution in [0.4, 0.5) is 14.5 Å². The zero-order valence-electron chi connectivity index (χ0n) is 17.0. The highest BCUT2D eigenvalue weighted by molar-refractivity contribution is 5.92. The summed E-state index contributed by atoms with van der Waals surface area (Å²) in [4.78, 5) is 18.9. The number of aromatic nitrogens is 1. The summed E-state index contributed by atoms with van der Waals surface area (Å²) < 4.78 is 36.7. The molecular weight excluding hydrogens is 396 g/mol. The van der Waals surface area contributed by atoms with Crippen LogP contribution in [-0.4, -0.2) is 41.7 Å². The van der Waals surface area contributed by atoms with Crippen LogP contribution in [0.1, 0.15) is 37.8 Å². The maximum Gasteiger partial charge on any atom is 0.195 e.